The number of fused-ring (bicyclic) bond motifs is 1. The molecule has 0 saturated heterocycles. The molecule has 94 valence electrons. The molecular weight excluding hydrogens is 254 g/mol. The number of carboxylic acid groups (broad SMARTS) is 1. The van der Waals surface area contributed by atoms with E-state index in [-0.39, 0.29) is 18.4 Å². The van der Waals surface area contributed by atoms with Crippen molar-refractivity contribution in [1.82, 2.24) is 4.98 Å². The minimum absolute atomic E-state index is 0.0526. The summed E-state index contributed by atoms with van der Waals surface area (Å²) < 4.78 is 0. The van der Waals surface area contributed by atoms with E-state index in [1.807, 2.05) is 13.0 Å². The number of nitrogens with one attached hydrogen (secondary N) is 1. The van der Waals surface area contributed by atoms with Crippen LogP contribution in [0.1, 0.15) is 17.5 Å². The molecule has 0 aliphatic heterocycles. The van der Waals surface area contributed by atoms with Crippen LogP contribution in [0.2, 0.25) is 5.02 Å². The number of hydrogen-bond acceptors (Lipinski definition) is 2. The lowest BCUT2D eigenvalue weighted by Gasteiger charge is -2.08. The maximum Gasteiger partial charge on any atom is 0.303 e. The largest absolute Gasteiger partial charge is 0.481 e. The summed E-state index contributed by atoms with van der Waals surface area (Å²) in [5.74, 6) is -0.912. The summed E-state index contributed by atoms with van der Waals surface area (Å²) in [5, 5.41) is 10.1. The summed E-state index contributed by atoms with van der Waals surface area (Å²) in [5.41, 5.74) is 1.76. The molecule has 0 aliphatic rings. The number of aliphatic carboxylic acids is 1. The van der Waals surface area contributed by atoms with E-state index in [4.69, 9.17) is 16.7 Å². The van der Waals surface area contributed by atoms with Crippen molar-refractivity contribution in [3.63, 3.8) is 0 Å². The van der Waals surface area contributed by atoms with Crippen molar-refractivity contribution in [2.24, 2.45) is 0 Å². The van der Waals surface area contributed by atoms with Gasteiger partial charge >= 0.3 is 5.97 Å². The van der Waals surface area contributed by atoms with Gasteiger partial charge in [0.2, 0.25) is 0 Å². The van der Waals surface area contributed by atoms with Crippen molar-refractivity contribution in [3.8, 4) is 0 Å². The summed E-state index contributed by atoms with van der Waals surface area (Å²) in [6.07, 6.45) is 0.179. The molecule has 2 rings (SSSR count). The predicted octanol–water partition coefficient (Wildman–Crippen LogP) is 2.51. The lowest BCUT2D eigenvalue weighted by atomic mass is 10.0. The minimum Gasteiger partial charge on any atom is -0.481 e. The molecule has 1 aromatic heterocycles. The number of halogens is 1. The highest BCUT2D eigenvalue weighted by molar-refractivity contribution is 6.31. The van der Waals surface area contributed by atoms with E-state index in [2.05, 4.69) is 4.98 Å². The topological polar surface area (TPSA) is 70.2 Å². The summed E-state index contributed by atoms with van der Waals surface area (Å²) in [4.78, 5) is 25.2. The number of rotatable bonds is 3. The van der Waals surface area contributed by atoms with Gasteiger partial charge in [0.25, 0.3) is 5.56 Å². The lowest BCUT2D eigenvalue weighted by Crippen LogP contribution is -2.16. The van der Waals surface area contributed by atoms with Crippen LogP contribution in [-0.2, 0) is 11.2 Å². The van der Waals surface area contributed by atoms with E-state index >= 15 is 0 Å². The monoisotopic (exact) mass is 265 g/mol. The van der Waals surface area contributed by atoms with Crippen LogP contribution in [0.3, 0.4) is 0 Å². The summed E-state index contributed by atoms with van der Waals surface area (Å²) in [7, 11) is 0. The third-order valence-corrected chi connectivity index (χ3v) is 3.18. The standard InChI is InChI=1S/C13H12ClNO3/c1-7-9-3-2-8(14)6-11(9)15-13(18)10(7)4-5-12(16)17/h2-3,6H,4-5H2,1H3,(H,15,18)(H,16,17). The van der Waals surface area contributed by atoms with Crippen molar-refractivity contribution in [2.75, 3.05) is 0 Å². The van der Waals surface area contributed by atoms with E-state index < -0.39 is 5.97 Å². The van der Waals surface area contributed by atoms with Crippen molar-refractivity contribution >= 4 is 28.5 Å². The Kier molecular flexibility index (Phi) is 3.39. The molecule has 0 amide bonds. The van der Waals surface area contributed by atoms with Crippen LogP contribution >= 0.6 is 11.6 Å². The second-order valence-electron chi connectivity index (χ2n) is 4.14. The summed E-state index contributed by atoms with van der Waals surface area (Å²) in [6, 6.07) is 5.26. The van der Waals surface area contributed by atoms with Gasteiger partial charge in [-0.05, 0) is 31.0 Å². The number of benzene rings is 1. The zero-order valence-electron chi connectivity index (χ0n) is 9.79. The first kappa shape index (κ1) is 12.6. The Labute approximate surface area is 108 Å². The quantitative estimate of drug-likeness (QED) is 0.896. The molecule has 0 bridgehead atoms. The van der Waals surface area contributed by atoms with Gasteiger partial charge in [-0.3, -0.25) is 9.59 Å². The van der Waals surface area contributed by atoms with E-state index in [0.29, 0.717) is 16.1 Å². The first-order chi connectivity index (χ1) is 8.49. The molecule has 0 aliphatic carbocycles. The molecule has 1 heterocycles. The molecule has 0 atom stereocenters. The van der Waals surface area contributed by atoms with Crippen LogP contribution in [-0.4, -0.2) is 16.1 Å². The average molecular weight is 266 g/mol. The van der Waals surface area contributed by atoms with Crippen molar-refractivity contribution in [2.45, 2.75) is 19.8 Å². The Bertz CT molecular complexity index is 676. The minimum atomic E-state index is -0.912. The molecule has 0 saturated carbocycles. The number of hydrogen-bond donors (Lipinski definition) is 2. The maximum absolute atomic E-state index is 11.9. The second kappa shape index (κ2) is 4.82. The molecule has 4 nitrogen and oxygen atoms in total. The smallest absolute Gasteiger partial charge is 0.303 e. The molecular formula is C13H12ClNO3. The first-order valence-electron chi connectivity index (χ1n) is 5.52. The molecule has 0 fully saturated rings. The van der Waals surface area contributed by atoms with Gasteiger partial charge in [-0.2, -0.15) is 0 Å². The van der Waals surface area contributed by atoms with Gasteiger partial charge in [0.1, 0.15) is 0 Å². The van der Waals surface area contributed by atoms with E-state index in [9.17, 15) is 9.59 Å². The Hall–Kier alpha value is -1.81. The molecule has 2 N–H and O–H groups in total. The van der Waals surface area contributed by atoms with E-state index in [1.165, 1.54) is 0 Å². The zero-order chi connectivity index (χ0) is 13.3. The Morgan fingerprint density at radius 2 is 2.17 bits per heavy atom. The number of carbonyl (C=O) groups is 1. The van der Waals surface area contributed by atoms with E-state index in [1.54, 1.807) is 12.1 Å². The molecule has 18 heavy (non-hydrogen) atoms. The predicted molar refractivity (Wildman–Crippen MR) is 70.3 cm³/mol. The van der Waals surface area contributed by atoms with Crippen LogP contribution in [0.5, 0.6) is 0 Å². The van der Waals surface area contributed by atoms with Crippen molar-refractivity contribution < 1.29 is 9.90 Å². The maximum atomic E-state index is 11.9. The van der Waals surface area contributed by atoms with Crippen molar-refractivity contribution in [3.05, 3.63) is 44.7 Å². The van der Waals surface area contributed by atoms with Crippen LogP contribution in [0.25, 0.3) is 10.9 Å². The van der Waals surface area contributed by atoms with Gasteiger partial charge < -0.3 is 10.1 Å². The van der Waals surface area contributed by atoms with Gasteiger partial charge in [0.05, 0.1) is 5.52 Å². The normalized spacial score (nSPS) is 10.8. The fourth-order valence-corrected chi connectivity index (χ4v) is 2.18. The summed E-state index contributed by atoms with van der Waals surface area (Å²) in [6.45, 7) is 1.82. The van der Waals surface area contributed by atoms with Crippen LogP contribution in [0, 0.1) is 6.92 Å². The highest BCUT2D eigenvalue weighted by Crippen LogP contribution is 2.21. The first-order valence-corrected chi connectivity index (χ1v) is 5.89. The lowest BCUT2D eigenvalue weighted by molar-refractivity contribution is -0.136. The molecule has 1 aromatic carbocycles. The van der Waals surface area contributed by atoms with Crippen LogP contribution in [0.15, 0.2) is 23.0 Å². The average Bonchev–Trinajstić information content (AvgIpc) is 2.27. The highest BCUT2D eigenvalue weighted by atomic mass is 35.5. The fraction of sp³-hybridized carbons (Fsp3) is 0.231. The number of H-pyrrole nitrogens is 1. The highest BCUT2D eigenvalue weighted by Gasteiger charge is 2.10. The van der Waals surface area contributed by atoms with Gasteiger partial charge in [0, 0.05) is 22.4 Å². The molecule has 0 unspecified atom stereocenters. The van der Waals surface area contributed by atoms with E-state index in [0.717, 1.165) is 10.9 Å². The molecule has 0 spiro atoms. The fourth-order valence-electron chi connectivity index (χ4n) is 2.01. The third-order valence-electron chi connectivity index (χ3n) is 2.95. The van der Waals surface area contributed by atoms with Crippen molar-refractivity contribution in [1.29, 1.82) is 0 Å². The Balaban J connectivity index is 2.58. The van der Waals surface area contributed by atoms with Gasteiger partial charge in [-0.1, -0.05) is 17.7 Å². The number of aromatic amines is 1. The number of aryl methyl sites for hydroxylation is 1. The van der Waals surface area contributed by atoms with Crippen LogP contribution < -0.4 is 5.56 Å². The number of carboxylic acids is 1. The molecule has 0 radical (unpaired) electrons. The van der Waals surface area contributed by atoms with Gasteiger partial charge in [0.15, 0.2) is 0 Å². The van der Waals surface area contributed by atoms with Gasteiger partial charge in [-0.15, -0.1) is 0 Å². The van der Waals surface area contributed by atoms with Gasteiger partial charge in [-0.25, -0.2) is 0 Å². The Morgan fingerprint density at radius 1 is 1.44 bits per heavy atom. The SMILES string of the molecule is Cc1c(CCC(=O)O)c(=O)[nH]c2cc(Cl)ccc12. The third kappa shape index (κ3) is 2.38. The second-order valence-corrected chi connectivity index (χ2v) is 4.58. The number of aromatic nitrogens is 1. The zero-order valence-corrected chi connectivity index (χ0v) is 10.5. The van der Waals surface area contributed by atoms with Crippen LogP contribution in [0.4, 0.5) is 0 Å². The molecule has 5 heteroatoms. The Morgan fingerprint density at radius 3 is 2.83 bits per heavy atom. The number of pyridine rings is 1. The molecule has 2 aromatic rings. The summed E-state index contributed by atoms with van der Waals surface area (Å²) >= 11 is 5.87.